The molecule has 0 bridgehead atoms. The summed E-state index contributed by atoms with van der Waals surface area (Å²) in [6.45, 7) is 6.40. The van der Waals surface area contributed by atoms with Crippen LogP contribution in [-0.4, -0.2) is 52.7 Å². The van der Waals surface area contributed by atoms with Gasteiger partial charge in [0.05, 0.1) is 23.6 Å². The molecule has 1 unspecified atom stereocenters. The van der Waals surface area contributed by atoms with E-state index >= 15 is 0 Å². The highest BCUT2D eigenvalue weighted by molar-refractivity contribution is 5.80. The Kier molecular flexibility index (Phi) is 5.75. The lowest BCUT2D eigenvalue weighted by atomic mass is 9.97. The normalized spacial score (nSPS) is 17.3. The van der Waals surface area contributed by atoms with Crippen molar-refractivity contribution in [3.63, 3.8) is 0 Å². The van der Waals surface area contributed by atoms with Crippen molar-refractivity contribution in [2.75, 3.05) is 26.2 Å². The second-order valence-corrected chi connectivity index (χ2v) is 6.57. The highest BCUT2D eigenvalue weighted by Gasteiger charge is 2.28. The molecule has 1 aromatic heterocycles. The van der Waals surface area contributed by atoms with Gasteiger partial charge in [-0.25, -0.2) is 9.78 Å². The molecule has 0 radical (unpaired) electrons. The molecule has 0 spiro atoms. The number of carbonyl (C=O) groups is 2. The first-order valence-corrected chi connectivity index (χ1v) is 9.21. The average molecular weight is 358 g/mol. The van der Waals surface area contributed by atoms with Crippen molar-refractivity contribution in [1.29, 1.82) is 0 Å². The molecule has 1 atom stereocenters. The van der Waals surface area contributed by atoms with Gasteiger partial charge in [0.2, 0.25) is 5.91 Å². The van der Waals surface area contributed by atoms with E-state index in [1.807, 2.05) is 31.2 Å². The van der Waals surface area contributed by atoms with E-state index in [1.54, 1.807) is 11.8 Å². The molecule has 2 heterocycles. The molecular formula is C19H26N4O3. The predicted octanol–water partition coefficient (Wildman–Crippen LogP) is 2.33. The van der Waals surface area contributed by atoms with Crippen LogP contribution in [0.3, 0.4) is 0 Å². The van der Waals surface area contributed by atoms with Crippen LogP contribution in [0.2, 0.25) is 0 Å². The topological polar surface area (TPSA) is 76.5 Å². The summed E-state index contributed by atoms with van der Waals surface area (Å²) in [5, 5.41) is 3.01. The summed E-state index contributed by atoms with van der Waals surface area (Å²) in [5.74, 6) is 0.765. The summed E-state index contributed by atoms with van der Waals surface area (Å²) >= 11 is 0. The lowest BCUT2D eigenvalue weighted by Crippen LogP contribution is -2.46. The quantitative estimate of drug-likeness (QED) is 0.890. The molecule has 1 saturated heterocycles. The Labute approximate surface area is 153 Å². The van der Waals surface area contributed by atoms with Gasteiger partial charge in [0.25, 0.3) is 0 Å². The Hall–Kier alpha value is -2.57. The Morgan fingerprint density at radius 2 is 2.15 bits per heavy atom. The molecule has 1 aliphatic heterocycles. The molecule has 0 aliphatic carbocycles. The van der Waals surface area contributed by atoms with Crippen molar-refractivity contribution in [1.82, 2.24) is 19.8 Å². The number of benzene rings is 1. The van der Waals surface area contributed by atoms with Gasteiger partial charge in [-0.2, -0.15) is 0 Å². The minimum absolute atomic E-state index is 0.000993. The van der Waals surface area contributed by atoms with Gasteiger partial charge < -0.3 is 19.5 Å². The predicted molar refractivity (Wildman–Crippen MR) is 98.8 cm³/mol. The van der Waals surface area contributed by atoms with E-state index in [1.165, 1.54) is 0 Å². The van der Waals surface area contributed by atoms with Crippen LogP contribution in [-0.2, 0) is 16.1 Å². The molecule has 1 fully saturated rings. The first-order chi connectivity index (χ1) is 12.6. The third kappa shape index (κ3) is 3.98. The van der Waals surface area contributed by atoms with E-state index in [9.17, 15) is 9.59 Å². The summed E-state index contributed by atoms with van der Waals surface area (Å²) in [4.78, 5) is 30.5. The Morgan fingerprint density at radius 1 is 1.35 bits per heavy atom. The molecule has 2 aromatic rings. The van der Waals surface area contributed by atoms with Gasteiger partial charge in [-0.05, 0) is 38.8 Å². The molecule has 0 saturated carbocycles. The van der Waals surface area contributed by atoms with Gasteiger partial charge >= 0.3 is 6.09 Å². The van der Waals surface area contributed by atoms with Crippen LogP contribution in [0.4, 0.5) is 4.79 Å². The lowest BCUT2D eigenvalue weighted by molar-refractivity contribution is -0.126. The number of amides is 2. The van der Waals surface area contributed by atoms with Gasteiger partial charge in [0.1, 0.15) is 5.82 Å². The summed E-state index contributed by atoms with van der Waals surface area (Å²) in [7, 11) is 0. The van der Waals surface area contributed by atoms with E-state index in [-0.39, 0.29) is 17.9 Å². The van der Waals surface area contributed by atoms with E-state index in [0.717, 1.165) is 29.7 Å². The number of nitrogens with zero attached hydrogens (tertiary/aromatic N) is 3. The molecule has 7 heteroatoms. The van der Waals surface area contributed by atoms with Crippen LogP contribution in [0.1, 0.15) is 25.6 Å². The van der Waals surface area contributed by atoms with Crippen molar-refractivity contribution in [2.24, 2.45) is 5.92 Å². The number of para-hydroxylation sites is 2. The fourth-order valence-electron chi connectivity index (χ4n) is 3.49. The summed E-state index contributed by atoms with van der Waals surface area (Å²) < 4.78 is 7.15. The number of fused-ring (bicyclic) bond motifs is 1. The number of imidazole rings is 1. The maximum atomic E-state index is 12.5. The highest BCUT2D eigenvalue weighted by atomic mass is 16.6. The minimum atomic E-state index is -0.328. The van der Waals surface area contributed by atoms with E-state index in [2.05, 4.69) is 14.9 Å². The Bertz CT molecular complexity index is 786. The van der Waals surface area contributed by atoms with Gasteiger partial charge in [-0.15, -0.1) is 0 Å². The maximum absolute atomic E-state index is 12.5. The molecule has 1 aromatic carbocycles. The number of nitrogens with one attached hydrogen (secondary N) is 1. The standard InChI is InChI=1S/C19H26N4O3/c1-3-26-19(25)22-11-6-7-15(13-22)18(24)20-10-12-23-14(2)21-16-8-4-5-9-17(16)23/h4-5,8-9,15H,3,6-7,10-13H2,1-2H3,(H,20,24). The smallest absolute Gasteiger partial charge is 0.409 e. The number of hydrogen-bond donors (Lipinski definition) is 1. The third-order valence-corrected chi connectivity index (χ3v) is 4.80. The largest absolute Gasteiger partial charge is 0.450 e. The van der Waals surface area contributed by atoms with Gasteiger partial charge in [-0.1, -0.05) is 12.1 Å². The molecule has 7 nitrogen and oxygen atoms in total. The van der Waals surface area contributed by atoms with Gasteiger partial charge in [0, 0.05) is 26.2 Å². The number of carbonyl (C=O) groups excluding carboxylic acids is 2. The Balaban J connectivity index is 1.53. The van der Waals surface area contributed by atoms with Crippen LogP contribution in [0.25, 0.3) is 11.0 Å². The van der Waals surface area contributed by atoms with Crippen LogP contribution in [0.15, 0.2) is 24.3 Å². The van der Waals surface area contributed by atoms with Crippen molar-refractivity contribution in [3.8, 4) is 0 Å². The number of ether oxygens (including phenoxy) is 1. The van der Waals surface area contributed by atoms with Crippen molar-refractivity contribution < 1.29 is 14.3 Å². The lowest BCUT2D eigenvalue weighted by Gasteiger charge is -2.31. The molecule has 140 valence electrons. The summed E-state index contributed by atoms with van der Waals surface area (Å²) in [6.07, 6.45) is 1.29. The van der Waals surface area contributed by atoms with E-state index < -0.39 is 0 Å². The van der Waals surface area contributed by atoms with Crippen LogP contribution < -0.4 is 5.32 Å². The third-order valence-electron chi connectivity index (χ3n) is 4.80. The zero-order valence-electron chi connectivity index (χ0n) is 15.4. The monoisotopic (exact) mass is 358 g/mol. The van der Waals surface area contributed by atoms with Crippen LogP contribution in [0.5, 0.6) is 0 Å². The first kappa shape index (κ1) is 18.2. The fourth-order valence-corrected chi connectivity index (χ4v) is 3.49. The molecular weight excluding hydrogens is 332 g/mol. The van der Waals surface area contributed by atoms with Crippen molar-refractivity contribution >= 4 is 23.0 Å². The minimum Gasteiger partial charge on any atom is -0.450 e. The number of aromatic nitrogens is 2. The zero-order chi connectivity index (χ0) is 18.5. The number of rotatable bonds is 5. The molecule has 26 heavy (non-hydrogen) atoms. The fraction of sp³-hybridized carbons (Fsp3) is 0.526. The first-order valence-electron chi connectivity index (χ1n) is 9.21. The average Bonchev–Trinajstić information content (AvgIpc) is 2.97. The number of likely N-dealkylation sites (tertiary alicyclic amines) is 1. The second-order valence-electron chi connectivity index (χ2n) is 6.57. The second kappa shape index (κ2) is 8.21. The van der Waals surface area contributed by atoms with Gasteiger partial charge in [-0.3, -0.25) is 4.79 Å². The summed E-state index contributed by atoms with van der Waals surface area (Å²) in [5.41, 5.74) is 2.04. The van der Waals surface area contributed by atoms with Crippen molar-refractivity contribution in [2.45, 2.75) is 33.2 Å². The highest BCUT2D eigenvalue weighted by Crippen LogP contribution is 2.18. The van der Waals surface area contributed by atoms with Crippen LogP contribution in [0, 0.1) is 12.8 Å². The van der Waals surface area contributed by atoms with E-state index in [4.69, 9.17) is 4.74 Å². The molecule has 1 N–H and O–H groups in total. The molecule has 1 aliphatic rings. The van der Waals surface area contributed by atoms with E-state index in [0.29, 0.717) is 32.8 Å². The Morgan fingerprint density at radius 3 is 2.96 bits per heavy atom. The number of piperidine rings is 1. The van der Waals surface area contributed by atoms with Crippen molar-refractivity contribution in [3.05, 3.63) is 30.1 Å². The SMILES string of the molecule is CCOC(=O)N1CCCC(C(=O)NCCn2c(C)nc3ccccc32)C1. The number of aryl methyl sites for hydroxylation is 1. The summed E-state index contributed by atoms with van der Waals surface area (Å²) in [6, 6.07) is 7.99. The van der Waals surface area contributed by atoms with Gasteiger partial charge in [0.15, 0.2) is 0 Å². The molecule has 2 amide bonds. The number of hydrogen-bond acceptors (Lipinski definition) is 4. The maximum Gasteiger partial charge on any atom is 0.409 e. The molecule has 3 rings (SSSR count). The van der Waals surface area contributed by atoms with Crippen LogP contribution >= 0.6 is 0 Å². The zero-order valence-corrected chi connectivity index (χ0v) is 15.4.